The lowest BCUT2D eigenvalue weighted by Gasteiger charge is -2.14. The number of oxime groups is 1. The smallest absolute Gasteiger partial charge is 0.411 e. The highest BCUT2D eigenvalue weighted by molar-refractivity contribution is 6.09. The molecule has 1 aliphatic heterocycles. The maximum atomic E-state index is 14.5. The number of amides is 1. The number of anilines is 2. The number of carbonyl (C=O) groups is 1. The molecule has 0 saturated heterocycles. The molecule has 136 valence electrons. The minimum absolute atomic E-state index is 0.0845. The zero-order chi connectivity index (χ0) is 18.7. The van der Waals surface area contributed by atoms with Crippen molar-refractivity contribution in [3.8, 4) is 0 Å². The van der Waals surface area contributed by atoms with Gasteiger partial charge >= 0.3 is 12.0 Å². The number of benzene rings is 2. The second-order valence-electron chi connectivity index (χ2n) is 5.65. The first-order valence-corrected chi connectivity index (χ1v) is 7.79. The van der Waals surface area contributed by atoms with Crippen molar-refractivity contribution in [3.63, 3.8) is 0 Å². The average Bonchev–Trinajstić information content (AvgIpc) is 2.82. The van der Waals surface area contributed by atoms with Crippen LogP contribution in [0.25, 0.3) is 0 Å². The molecule has 0 saturated carbocycles. The maximum Gasteiger partial charge on any atom is 0.411 e. The Morgan fingerprint density at radius 1 is 1.23 bits per heavy atom. The molecule has 0 unspecified atom stereocenters. The predicted octanol–water partition coefficient (Wildman–Crippen LogP) is 3.94. The molecule has 0 aliphatic carbocycles. The van der Waals surface area contributed by atoms with Gasteiger partial charge in [0.05, 0.1) is 11.3 Å². The second kappa shape index (κ2) is 6.99. The summed E-state index contributed by atoms with van der Waals surface area (Å²) in [5, 5.41) is 5.86. The van der Waals surface area contributed by atoms with Crippen LogP contribution in [0.4, 0.5) is 25.0 Å². The number of likely N-dealkylation sites (N-methyl/N-ethyl adjacent to an activating group) is 1. The molecule has 2 aromatic rings. The summed E-state index contributed by atoms with van der Waals surface area (Å²) in [5.74, 6) is -3.84. The van der Waals surface area contributed by atoms with Crippen molar-refractivity contribution >= 4 is 23.3 Å². The van der Waals surface area contributed by atoms with Gasteiger partial charge in [-0.1, -0.05) is 35.5 Å². The molecule has 8 heteroatoms. The van der Waals surface area contributed by atoms with Gasteiger partial charge in [-0.2, -0.15) is 8.78 Å². The van der Waals surface area contributed by atoms with E-state index in [1.54, 1.807) is 0 Å². The number of nitrogens with zero attached hydrogens (tertiary/aromatic N) is 2. The highest BCUT2D eigenvalue weighted by Crippen LogP contribution is 2.45. The molecule has 0 aromatic heterocycles. The van der Waals surface area contributed by atoms with Crippen LogP contribution in [-0.2, 0) is 22.1 Å². The summed E-state index contributed by atoms with van der Waals surface area (Å²) in [6.45, 7) is 0.0845. The van der Waals surface area contributed by atoms with Crippen molar-refractivity contribution in [1.82, 2.24) is 0 Å². The van der Waals surface area contributed by atoms with E-state index in [2.05, 4.69) is 15.3 Å². The standard InChI is InChI=1S/C18H17F2N3O3/c1-23-15-9-8-13(10-14(15)18(19,20)16(23)22-25-2)21-17(24)26-11-12-6-4-3-5-7-12/h3-10H,11H2,1-2H3,(H,21,24)/b22-16-. The van der Waals surface area contributed by atoms with E-state index in [1.807, 2.05) is 30.3 Å². The fourth-order valence-electron chi connectivity index (χ4n) is 2.69. The van der Waals surface area contributed by atoms with Crippen LogP contribution in [-0.4, -0.2) is 26.1 Å². The van der Waals surface area contributed by atoms with E-state index < -0.39 is 17.9 Å². The minimum atomic E-state index is -3.33. The number of rotatable bonds is 4. The summed E-state index contributed by atoms with van der Waals surface area (Å²) in [6.07, 6.45) is -0.728. The molecule has 0 fully saturated rings. The fraction of sp³-hybridized carbons (Fsp3) is 0.222. The summed E-state index contributed by atoms with van der Waals surface area (Å²) in [6, 6.07) is 13.3. The first-order valence-electron chi connectivity index (χ1n) is 7.79. The molecule has 3 rings (SSSR count). The first kappa shape index (κ1) is 17.7. The average molecular weight is 361 g/mol. The third-order valence-corrected chi connectivity index (χ3v) is 3.93. The third kappa shape index (κ3) is 3.30. The van der Waals surface area contributed by atoms with Crippen LogP contribution < -0.4 is 10.2 Å². The molecule has 1 amide bonds. The van der Waals surface area contributed by atoms with Gasteiger partial charge in [-0.25, -0.2) is 4.79 Å². The molecule has 1 aliphatic rings. The number of nitrogens with one attached hydrogen (secondary N) is 1. The van der Waals surface area contributed by atoms with E-state index in [1.165, 1.54) is 37.3 Å². The Balaban J connectivity index is 1.73. The number of hydrogen-bond donors (Lipinski definition) is 1. The van der Waals surface area contributed by atoms with Gasteiger partial charge in [0.15, 0.2) is 0 Å². The van der Waals surface area contributed by atoms with Gasteiger partial charge < -0.3 is 14.5 Å². The van der Waals surface area contributed by atoms with E-state index in [4.69, 9.17) is 4.74 Å². The van der Waals surface area contributed by atoms with Gasteiger partial charge in [0, 0.05) is 12.7 Å². The Bertz CT molecular complexity index is 841. The van der Waals surface area contributed by atoms with Crippen LogP contribution in [0.3, 0.4) is 0 Å². The van der Waals surface area contributed by atoms with E-state index in [9.17, 15) is 13.6 Å². The Kier molecular flexibility index (Phi) is 4.75. The van der Waals surface area contributed by atoms with Crippen molar-refractivity contribution in [1.29, 1.82) is 0 Å². The van der Waals surface area contributed by atoms with Crippen LogP contribution in [0.15, 0.2) is 53.7 Å². The van der Waals surface area contributed by atoms with Crippen LogP contribution in [0.5, 0.6) is 0 Å². The summed E-state index contributed by atoms with van der Waals surface area (Å²) < 4.78 is 34.2. The van der Waals surface area contributed by atoms with Crippen molar-refractivity contribution in [2.24, 2.45) is 5.16 Å². The lowest BCUT2D eigenvalue weighted by molar-refractivity contribution is 0.0728. The van der Waals surface area contributed by atoms with Gasteiger partial charge in [-0.05, 0) is 23.8 Å². The van der Waals surface area contributed by atoms with Crippen LogP contribution in [0.2, 0.25) is 0 Å². The molecule has 26 heavy (non-hydrogen) atoms. The lowest BCUT2D eigenvalue weighted by Crippen LogP contribution is -2.32. The number of hydrogen-bond acceptors (Lipinski definition) is 4. The normalized spacial score (nSPS) is 16.3. The number of carbonyl (C=O) groups excluding carboxylic acids is 1. The molecule has 1 heterocycles. The van der Waals surface area contributed by atoms with Gasteiger partial charge in [0.1, 0.15) is 13.7 Å². The summed E-state index contributed by atoms with van der Waals surface area (Å²) in [5.41, 5.74) is 1.05. The van der Waals surface area contributed by atoms with Crippen molar-refractivity contribution in [2.45, 2.75) is 12.5 Å². The molecule has 2 aromatic carbocycles. The third-order valence-electron chi connectivity index (χ3n) is 3.93. The highest BCUT2D eigenvalue weighted by atomic mass is 19.3. The molecular formula is C18H17F2N3O3. The number of halogens is 2. The zero-order valence-corrected chi connectivity index (χ0v) is 14.2. The summed E-state index contributed by atoms with van der Waals surface area (Å²) in [4.78, 5) is 17.7. The predicted molar refractivity (Wildman–Crippen MR) is 93.4 cm³/mol. The number of ether oxygens (including phenoxy) is 1. The maximum absolute atomic E-state index is 14.5. The van der Waals surface area contributed by atoms with Crippen LogP contribution in [0, 0.1) is 0 Å². The van der Waals surface area contributed by atoms with Gasteiger partial charge in [0.2, 0.25) is 5.84 Å². The van der Waals surface area contributed by atoms with E-state index >= 15 is 0 Å². The second-order valence-corrected chi connectivity index (χ2v) is 5.65. The SMILES string of the molecule is CO/N=C1\N(C)c2ccc(NC(=O)OCc3ccccc3)cc2C1(F)F. The van der Waals surface area contributed by atoms with Gasteiger partial charge in [-0.15, -0.1) is 0 Å². The Morgan fingerprint density at radius 2 is 1.96 bits per heavy atom. The number of amidine groups is 1. The number of alkyl halides is 2. The molecule has 1 N–H and O–H groups in total. The number of fused-ring (bicyclic) bond motifs is 1. The van der Waals surface area contributed by atoms with Gasteiger partial charge in [0.25, 0.3) is 0 Å². The zero-order valence-electron chi connectivity index (χ0n) is 14.2. The van der Waals surface area contributed by atoms with Crippen molar-refractivity contribution in [3.05, 3.63) is 59.7 Å². The van der Waals surface area contributed by atoms with Crippen molar-refractivity contribution < 1.29 is 23.1 Å². The molecular weight excluding hydrogens is 344 g/mol. The lowest BCUT2D eigenvalue weighted by atomic mass is 10.1. The fourth-order valence-corrected chi connectivity index (χ4v) is 2.69. The molecule has 0 atom stereocenters. The van der Waals surface area contributed by atoms with Gasteiger partial charge in [-0.3, -0.25) is 5.32 Å². The Morgan fingerprint density at radius 3 is 2.65 bits per heavy atom. The van der Waals surface area contributed by atoms with E-state index in [0.717, 1.165) is 5.56 Å². The van der Waals surface area contributed by atoms with E-state index in [0.29, 0.717) is 0 Å². The summed E-state index contributed by atoms with van der Waals surface area (Å²) in [7, 11) is 2.68. The summed E-state index contributed by atoms with van der Waals surface area (Å²) >= 11 is 0. The first-order chi connectivity index (χ1) is 12.4. The molecule has 0 bridgehead atoms. The Hall–Kier alpha value is -3.16. The monoisotopic (exact) mass is 361 g/mol. The molecule has 0 spiro atoms. The topological polar surface area (TPSA) is 63.2 Å². The largest absolute Gasteiger partial charge is 0.444 e. The van der Waals surface area contributed by atoms with E-state index in [-0.39, 0.29) is 23.5 Å². The molecule has 6 nitrogen and oxygen atoms in total. The quantitative estimate of drug-likeness (QED) is 0.838. The van der Waals surface area contributed by atoms with Crippen LogP contribution in [0.1, 0.15) is 11.1 Å². The van der Waals surface area contributed by atoms with Crippen LogP contribution >= 0.6 is 0 Å². The van der Waals surface area contributed by atoms with Crippen molar-refractivity contribution in [2.75, 3.05) is 24.4 Å². The minimum Gasteiger partial charge on any atom is -0.444 e. The molecule has 0 radical (unpaired) electrons. The highest BCUT2D eigenvalue weighted by Gasteiger charge is 2.50. The Labute approximate surface area is 149 Å².